The van der Waals surface area contributed by atoms with E-state index < -0.39 is 0 Å². The van der Waals surface area contributed by atoms with Gasteiger partial charge in [0.15, 0.2) is 0 Å². The van der Waals surface area contributed by atoms with E-state index in [1.807, 2.05) is 12.1 Å². The maximum Gasteiger partial charge on any atom is 0.0409 e. The van der Waals surface area contributed by atoms with Crippen LogP contribution in [0.15, 0.2) is 24.3 Å². The lowest BCUT2D eigenvalue weighted by Gasteiger charge is -2.47. The quantitative estimate of drug-likeness (QED) is 0.913. The Morgan fingerprint density at radius 1 is 1.45 bits per heavy atom. The molecular weight excluding hydrogens is 268 g/mol. The highest BCUT2D eigenvalue weighted by Gasteiger charge is 2.53. The van der Waals surface area contributed by atoms with E-state index in [9.17, 15) is 0 Å². The van der Waals surface area contributed by atoms with Gasteiger partial charge in [0.1, 0.15) is 0 Å². The molecule has 0 amide bonds. The number of benzene rings is 1. The Labute approximate surface area is 127 Å². The summed E-state index contributed by atoms with van der Waals surface area (Å²) in [6.45, 7) is 3.05. The van der Waals surface area contributed by atoms with Gasteiger partial charge in [-0.15, -0.1) is 0 Å². The van der Waals surface area contributed by atoms with E-state index in [0.29, 0.717) is 6.04 Å². The van der Waals surface area contributed by atoms with Gasteiger partial charge in [0.05, 0.1) is 0 Å². The van der Waals surface area contributed by atoms with Crippen molar-refractivity contribution in [2.24, 2.45) is 17.6 Å². The van der Waals surface area contributed by atoms with Crippen LogP contribution in [-0.2, 0) is 0 Å². The Morgan fingerprint density at radius 2 is 2.25 bits per heavy atom. The van der Waals surface area contributed by atoms with E-state index in [-0.39, 0.29) is 5.54 Å². The van der Waals surface area contributed by atoms with Gasteiger partial charge < -0.3 is 5.73 Å². The molecule has 0 heterocycles. The molecule has 2 nitrogen and oxygen atoms in total. The topological polar surface area (TPSA) is 29.3 Å². The minimum atomic E-state index is 0.199. The number of halogens is 1. The Kier molecular flexibility index (Phi) is 3.83. The first-order valence-electron chi connectivity index (χ1n) is 7.75. The maximum absolute atomic E-state index is 6.23. The number of fused-ring (bicyclic) bond motifs is 2. The molecule has 0 saturated heterocycles. The van der Waals surface area contributed by atoms with Crippen LogP contribution in [0.1, 0.15) is 44.2 Å². The van der Waals surface area contributed by atoms with Crippen molar-refractivity contribution in [1.29, 1.82) is 0 Å². The lowest BCUT2D eigenvalue weighted by atomic mass is 9.78. The van der Waals surface area contributed by atoms with Crippen LogP contribution in [0.4, 0.5) is 0 Å². The number of hydrogen-bond acceptors (Lipinski definition) is 2. The average Bonchev–Trinajstić information content (AvgIpc) is 3.06. The summed E-state index contributed by atoms with van der Waals surface area (Å²) >= 11 is 6.14. The summed E-state index contributed by atoms with van der Waals surface area (Å²) in [6.07, 6.45) is 5.42. The summed E-state index contributed by atoms with van der Waals surface area (Å²) in [5, 5.41) is 0.817. The van der Waals surface area contributed by atoms with E-state index in [2.05, 4.69) is 31.0 Å². The third kappa shape index (κ3) is 2.18. The van der Waals surface area contributed by atoms with Gasteiger partial charge in [-0.25, -0.2) is 0 Å². The highest BCUT2D eigenvalue weighted by Crippen LogP contribution is 2.54. The fraction of sp³-hybridized carbons (Fsp3) is 0.647. The number of nitrogens with two attached hydrogens (primary N) is 1. The Bertz CT molecular complexity index is 490. The van der Waals surface area contributed by atoms with E-state index in [0.717, 1.165) is 23.4 Å². The summed E-state index contributed by atoms with van der Waals surface area (Å²) in [7, 11) is 2.25. The molecule has 0 aliphatic heterocycles. The molecule has 1 aromatic carbocycles. The second-order valence-corrected chi connectivity index (χ2v) is 7.17. The molecule has 0 radical (unpaired) electrons. The van der Waals surface area contributed by atoms with E-state index in [4.69, 9.17) is 17.3 Å². The number of rotatable bonds is 4. The van der Waals surface area contributed by atoms with Gasteiger partial charge in [-0.2, -0.15) is 0 Å². The number of likely N-dealkylation sites (N-methyl/N-ethyl adjacent to an activating group) is 1. The molecule has 1 aromatic rings. The predicted molar refractivity (Wildman–Crippen MR) is 84.9 cm³/mol. The molecule has 2 N–H and O–H groups in total. The normalized spacial score (nSPS) is 33.9. The van der Waals surface area contributed by atoms with Crippen molar-refractivity contribution >= 4 is 11.6 Å². The van der Waals surface area contributed by atoms with Gasteiger partial charge in [-0.05, 0) is 62.8 Å². The average molecular weight is 293 g/mol. The lowest BCUT2D eigenvalue weighted by molar-refractivity contribution is 0.0340. The maximum atomic E-state index is 6.23. The molecule has 2 bridgehead atoms. The number of hydrogen-bond donors (Lipinski definition) is 1. The molecule has 0 spiro atoms. The second-order valence-electron chi connectivity index (χ2n) is 6.73. The van der Waals surface area contributed by atoms with Crippen molar-refractivity contribution in [3.8, 4) is 0 Å². The summed E-state index contributed by atoms with van der Waals surface area (Å²) in [6, 6.07) is 8.59. The van der Waals surface area contributed by atoms with Crippen LogP contribution in [0, 0.1) is 11.8 Å². The molecule has 2 fully saturated rings. The van der Waals surface area contributed by atoms with Crippen molar-refractivity contribution in [2.45, 2.75) is 44.2 Å². The van der Waals surface area contributed by atoms with Crippen LogP contribution >= 0.6 is 11.6 Å². The minimum absolute atomic E-state index is 0.199. The van der Waals surface area contributed by atoms with Crippen LogP contribution in [0.2, 0.25) is 5.02 Å². The fourth-order valence-electron chi connectivity index (χ4n) is 4.62. The van der Waals surface area contributed by atoms with Crippen molar-refractivity contribution in [3.63, 3.8) is 0 Å². The molecule has 2 aliphatic rings. The van der Waals surface area contributed by atoms with Crippen molar-refractivity contribution in [1.82, 2.24) is 4.90 Å². The standard InChI is InChI=1S/C17H25ClN2/c1-12(14-4-3-5-16(18)9-14)20(2)17(11-19)10-13-6-7-15(17)8-13/h3-5,9,12-13,15H,6-8,10-11,19H2,1-2H3. The molecule has 3 heteroatoms. The lowest BCUT2D eigenvalue weighted by Crippen LogP contribution is -2.56. The molecule has 20 heavy (non-hydrogen) atoms. The molecule has 4 atom stereocenters. The largest absolute Gasteiger partial charge is 0.329 e. The van der Waals surface area contributed by atoms with Crippen molar-refractivity contribution in [2.75, 3.05) is 13.6 Å². The Hall–Kier alpha value is -0.570. The van der Waals surface area contributed by atoms with Gasteiger partial charge in [0, 0.05) is 23.1 Å². The first-order valence-corrected chi connectivity index (χ1v) is 8.13. The van der Waals surface area contributed by atoms with Gasteiger partial charge in [-0.1, -0.05) is 30.2 Å². The first-order chi connectivity index (χ1) is 9.56. The van der Waals surface area contributed by atoms with Gasteiger partial charge in [0.25, 0.3) is 0 Å². The summed E-state index contributed by atoms with van der Waals surface area (Å²) in [4.78, 5) is 2.53. The molecule has 0 aromatic heterocycles. The SMILES string of the molecule is CC(c1cccc(Cl)c1)N(C)C1(CN)CC2CCC1C2. The van der Waals surface area contributed by atoms with E-state index >= 15 is 0 Å². The van der Waals surface area contributed by atoms with Crippen LogP contribution in [0.25, 0.3) is 0 Å². The van der Waals surface area contributed by atoms with E-state index in [1.54, 1.807) is 0 Å². The monoisotopic (exact) mass is 292 g/mol. The van der Waals surface area contributed by atoms with Crippen LogP contribution < -0.4 is 5.73 Å². The smallest absolute Gasteiger partial charge is 0.0409 e. The molecular formula is C17H25ClN2. The van der Waals surface area contributed by atoms with Gasteiger partial charge >= 0.3 is 0 Å². The zero-order chi connectivity index (χ0) is 14.3. The zero-order valence-electron chi connectivity index (χ0n) is 12.5. The highest BCUT2D eigenvalue weighted by molar-refractivity contribution is 6.30. The summed E-state index contributed by atoms with van der Waals surface area (Å²) in [5.41, 5.74) is 7.72. The second kappa shape index (κ2) is 5.32. The van der Waals surface area contributed by atoms with Crippen LogP contribution in [0.3, 0.4) is 0 Å². The zero-order valence-corrected chi connectivity index (χ0v) is 13.2. The van der Waals surface area contributed by atoms with Crippen LogP contribution in [-0.4, -0.2) is 24.0 Å². The molecule has 2 saturated carbocycles. The molecule has 110 valence electrons. The first kappa shape index (κ1) is 14.4. The molecule has 4 unspecified atom stereocenters. The van der Waals surface area contributed by atoms with Gasteiger partial charge in [0.2, 0.25) is 0 Å². The fourth-order valence-corrected chi connectivity index (χ4v) is 4.82. The van der Waals surface area contributed by atoms with E-state index in [1.165, 1.54) is 31.2 Å². The highest BCUT2D eigenvalue weighted by atomic mass is 35.5. The van der Waals surface area contributed by atoms with Crippen molar-refractivity contribution < 1.29 is 0 Å². The van der Waals surface area contributed by atoms with Crippen molar-refractivity contribution in [3.05, 3.63) is 34.9 Å². The summed E-state index contributed by atoms with van der Waals surface area (Å²) in [5.74, 6) is 1.68. The minimum Gasteiger partial charge on any atom is -0.329 e. The summed E-state index contributed by atoms with van der Waals surface area (Å²) < 4.78 is 0. The third-order valence-corrected chi connectivity index (χ3v) is 6.15. The number of nitrogens with zero attached hydrogens (tertiary/aromatic N) is 1. The van der Waals surface area contributed by atoms with Crippen LogP contribution in [0.5, 0.6) is 0 Å². The third-order valence-electron chi connectivity index (χ3n) is 5.91. The Balaban J connectivity index is 1.85. The predicted octanol–water partition coefficient (Wildman–Crippen LogP) is 3.85. The Morgan fingerprint density at radius 3 is 2.80 bits per heavy atom. The molecule has 2 aliphatic carbocycles. The molecule has 3 rings (SSSR count). The van der Waals surface area contributed by atoms with Gasteiger partial charge in [-0.3, -0.25) is 4.90 Å².